The van der Waals surface area contributed by atoms with E-state index in [0.717, 1.165) is 33.9 Å². The molecule has 0 N–H and O–H groups in total. The molecular weight excluding hydrogens is 352 g/mol. The first-order valence-electron chi connectivity index (χ1n) is 8.85. The Balaban J connectivity index is 1.39. The second kappa shape index (κ2) is 7.87. The molecule has 0 aromatic carbocycles. The van der Waals surface area contributed by atoms with Gasteiger partial charge in [-0.15, -0.1) is 0 Å². The Morgan fingerprint density at radius 2 is 1.71 bits per heavy atom. The van der Waals surface area contributed by atoms with Crippen molar-refractivity contribution in [3.05, 3.63) is 79.2 Å². The van der Waals surface area contributed by atoms with Gasteiger partial charge in [-0.05, 0) is 31.2 Å². The van der Waals surface area contributed by atoms with Crippen molar-refractivity contribution < 1.29 is 4.79 Å². The van der Waals surface area contributed by atoms with Gasteiger partial charge < -0.3 is 4.57 Å². The minimum Gasteiger partial charge on any atom is -0.329 e. The highest BCUT2D eigenvalue weighted by atomic mass is 16.1. The zero-order chi connectivity index (χ0) is 19.3. The van der Waals surface area contributed by atoms with E-state index in [2.05, 4.69) is 24.9 Å². The number of rotatable bonds is 6. The molecule has 138 valence electrons. The lowest BCUT2D eigenvalue weighted by molar-refractivity contribution is -0.119. The standard InChI is InChI=1S/C21H18N6O/c1-15-2-3-17(9-24-15)21-13-27(14-26-21)12-19(28)8-18-5-4-16(10-25-18)20-11-22-6-7-23-20/h2-7,9-11,13-14H,8,12H2,1H3. The molecule has 0 saturated carbocycles. The van der Waals surface area contributed by atoms with Crippen LogP contribution in [0.15, 0.2) is 67.8 Å². The largest absolute Gasteiger partial charge is 0.329 e. The second-order valence-electron chi connectivity index (χ2n) is 6.46. The average Bonchev–Trinajstić information content (AvgIpc) is 3.18. The number of Topliss-reactive ketones (excluding diaryl/α,β-unsaturated/α-hetero) is 1. The molecule has 0 amide bonds. The number of nitrogens with zero attached hydrogens (tertiary/aromatic N) is 6. The summed E-state index contributed by atoms with van der Waals surface area (Å²) < 4.78 is 1.78. The number of ketones is 1. The van der Waals surface area contributed by atoms with E-state index in [0.29, 0.717) is 0 Å². The number of aryl methyl sites for hydroxylation is 1. The Hall–Kier alpha value is -3.74. The van der Waals surface area contributed by atoms with Gasteiger partial charge in [0.15, 0.2) is 5.78 Å². The van der Waals surface area contributed by atoms with E-state index >= 15 is 0 Å². The predicted molar refractivity (Wildman–Crippen MR) is 104 cm³/mol. The van der Waals surface area contributed by atoms with Crippen molar-refractivity contribution in [2.24, 2.45) is 0 Å². The molecule has 0 spiro atoms. The van der Waals surface area contributed by atoms with Crippen LogP contribution in [0.3, 0.4) is 0 Å². The van der Waals surface area contributed by atoms with E-state index in [9.17, 15) is 4.79 Å². The van der Waals surface area contributed by atoms with Crippen LogP contribution in [-0.4, -0.2) is 35.3 Å². The third-order valence-electron chi connectivity index (χ3n) is 4.26. The third-order valence-corrected chi connectivity index (χ3v) is 4.26. The van der Waals surface area contributed by atoms with Crippen molar-refractivity contribution in [3.63, 3.8) is 0 Å². The first kappa shape index (κ1) is 17.7. The highest BCUT2D eigenvalue weighted by molar-refractivity contribution is 5.80. The van der Waals surface area contributed by atoms with Gasteiger partial charge in [-0.1, -0.05) is 0 Å². The van der Waals surface area contributed by atoms with Crippen LogP contribution < -0.4 is 0 Å². The number of pyridine rings is 2. The Kier molecular flexibility index (Phi) is 4.97. The maximum atomic E-state index is 12.4. The van der Waals surface area contributed by atoms with Gasteiger partial charge in [0.25, 0.3) is 0 Å². The van der Waals surface area contributed by atoms with Gasteiger partial charge in [-0.25, -0.2) is 4.98 Å². The predicted octanol–water partition coefficient (Wildman–Crippen LogP) is 2.92. The van der Waals surface area contributed by atoms with Crippen molar-refractivity contribution >= 4 is 5.78 Å². The van der Waals surface area contributed by atoms with Gasteiger partial charge in [0.05, 0.1) is 36.9 Å². The number of carbonyl (C=O) groups excluding carboxylic acids is 1. The van der Waals surface area contributed by atoms with Crippen LogP contribution in [0, 0.1) is 6.92 Å². The first-order chi connectivity index (χ1) is 13.7. The minimum atomic E-state index is 0.0609. The van der Waals surface area contributed by atoms with Crippen molar-refractivity contribution in [1.82, 2.24) is 29.5 Å². The van der Waals surface area contributed by atoms with Crippen LogP contribution >= 0.6 is 0 Å². The summed E-state index contributed by atoms with van der Waals surface area (Å²) in [6, 6.07) is 7.66. The number of hydrogen-bond donors (Lipinski definition) is 0. The molecule has 0 atom stereocenters. The average molecular weight is 370 g/mol. The van der Waals surface area contributed by atoms with Gasteiger partial charge in [-0.2, -0.15) is 0 Å². The fraction of sp³-hybridized carbons (Fsp3) is 0.143. The SMILES string of the molecule is Cc1ccc(-c2cn(CC(=O)Cc3ccc(-c4cnccn4)cn3)cn2)cn1. The van der Waals surface area contributed by atoms with Crippen LogP contribution in [0.2, 0.25) is 0 Å². The van der Waals surface area contributed by atoms with E-state index in [4.69, 9.17) is 0 Å². The summed E-state index contributed by atoms with van der Waals surface area (Å²) in [5.41, 5.74) is 5.03. The molecule has 4 rings (SSSR count). The molecule has 4 heterocycles. The number of hydrogen-bond acceptors (Lipinski definition) is 6. The third kappa shape index (κ3) is 4.15. The van der Waals surface area contributed by atoms with E-state index in [-0.39, 0.29) is 18.7 Å². The Labute approximate surface area is 162 Å². The van der Waals surface area contributed by atoms with Crippen molar-refractivity contribution in [2.45, 2.75) is 19.9 Å². The summed E-state index contributed by atoms with van der Waals surface area (Å²) in [6.45, 7) is 2.19. The zero-order valence-corrected chi connectivity index (χ0v) is 15.4. The molecule has 4 aromatic rings. The normalized spacial score (nSPS) is 10.8. The van der Waals surface area contributed by atoms with Gasteiger partial charge in [0.2, 0.25) is 0 Å². The van der Waals surface area contributed by atoms with Gasteiger partial charge in [0, 0.05) is 53.5 Å². The number of aromatic nitrogens is 6. The molecule has 28 heavy (non-hydrogen) atoms. The topological polar surface area (TPSA) is 86.5 Å². The Morgan fingerprint density at radius 3 is 2.43 bits per heavy atom. The monoisotopic (exact) mass is 370 g/mol. The summed E-state index contributed by atoms with van der Waals surface area (Å²) in [5, 5.41) is 0. The molecule has 0 saturated heterocycles. The van der Waals surface area contributed by atoms with E-state index in [1.54, 1.807) is 41.9 Å². The summed E-state index contributed by atoms with van der Waals surface area (Å²) in [6.07, 6.45) is 12.2. The van der Waals surface area contributed by atoms with Crippen molar-refractivity contribution in [2.75, 3.05) is 0 Å². The highest BCUT2D eigenvalue weighted by Crippen LogP contribution is 2.17. The molecule has 0 aliphatic heterocycles. The van der Waals surface area contributed by atoms with E-state index in [1.165, 1.54) is 0 Å². The maximum Gasteiger partial charge on any atom is 0.158 e. The minimum absolute atomic E-state index is 0.0609. The lowest BCUT2D eigenvalue weighted by Gasteiger charge is -2.04. The van der Waals surface area contributed by atoms with Gasteiger partial charge in [0.1, 0.15) is 0 Å². The van der Waals surface area contributed by atoms with Crippen molar-refractivity contribution in [1.29, 1.82) is 0 Å². The van der Waals surface area contributed by atoms with Crippen LogP contribution in [0.1, 0.15) is 11.4 Å². The van der Waals surface area contributed by atoms with Crippen molar-refractivity contribution in [3.8, 4) is 22.5 Å². The number of carbonyl (C=O) groups is 1. The molecule has 0 unspecified atom stereocenters. The molecule has 0 bridgehead atoms. The lowest BCUT2D eigenvalue weighted by atomic mass is 10.1. The van der Waals surface area contributed by atoms with Crippen LogP contribution in [0.4, 0.5) is 0 Å². The summed E-state index contributed by atoms with van der Waals surface area (Å²) >= 11 is 0. The summed E-state index contributed by atoms with van der Waals surface area (Å²) in [7, 11) is 0. The second-order valence-corrected chi connectivity index (χ2v) is 6.46. The zero-order valence-electron chi connectivity index (χ0n) is 15.4. The fourth-order valence-electron chi connectivity index (χ4n) is 2.81. The van der Waals surface area contributed by atoms with E-state index in [1.807, 2.05) is 37.4 Å². The Morgan fingerprint density at radius 1 is 0.893 bits per heavy atom. The Bertz CT molecular complexity index is 1070. The van der Waals surface area contributed by atoms with Crippen LogP contribution in [0.5, 0.6) is 0 Å². The highest BCUT2D eigenvalue weighted by Gasteiger charge is 2.09. The quantitative estimate of drug-likeness (QED) is 0.519. The first-order valence-corrected chi connectivity index (χ1v) is 8.85. The molecule has 0 fully saturated rings. The van der Waals surface area contributed by atoms with Gasteiger partial charge in [-0.3, -0.25) is 24.7 Å². The molecule has 0 aliphatic rings. The van der Waals surface area contributed by atoms with Gasteiger partial charge >= 0.3 is 0 Å². The molecule has 4 aromatic heterocycles. The van der Waals surface area contributed by atoms with E-state index < -0.39 is 0 Å². The van der Waals surface area contributed by atoms with Crippen LogP contribution in [-0.2, 0) is 17.8 Å². The molecule has 0 radical (unpaired) electrons. The smallest absolute Gasteiger partial charge is 0.158 e. The number of imidazole rings is 1. The summed E-state index contributed by atoms with van der Waals surface area (Å²) in [5.74, 6) is 0.0609. The molecule has 7 heteroatoms. The molecular formula is C21H18N6O. The fourth-order valence-corrected chi connectivity index (χ4v) is 2.81. The van der Waals surface area contributed by atoms with Crippen LogP contribution in [0.25, 0.3) is 22.5 Å². The maximum absolute atomic E-state index is 12.4. The summed E-state index contributed by atoms with van der Waals surface area (Å²) in [4.78, 5) is 33.7. The lowest BCUT2D eigenvalue weighted by Crippen LogP contribution is -2.12. The molecule has 7 nitrogen and oxygen atoms in total. The molecule has 0 aliphatic carbocycles.